The molecule has 7 nitrogen and oxygen atoms in total. The molecule has 0 bridgehead atoms. The second-order valence-electron chi connectivity index (χ2n) is 7.49. The first kappa shape index (κ1) is 22.7. The Morgan fingerprint density at radius 3 is 2.48 bits per heavy atom. The number of rotatable bonds is 4. The van der Waals surface area contributed by atoms with Gasteiger partial charge < -0.3 is 9.84 Å². The van der Waals surface area contributed by atoms with E-state index in [9.17, 15) is 19.5 Å². The van der Waals surface area contributed by atoms with Crippen LogP contribution in [-0.4, -0.2) is 34.9 Å². The number of amides is 1. The summed E-state index contributed by atoms with van der Waals surface area (Å²) in [6.07, 6.45) is 0. The number of hydrogen-bond acceptors (Lipinski definition) is 7. The highest BCUT2D eigenvalue weighted by molar-refractivity contribution is 7.17. The zero-order valence-electron chi connectivity index (χ0n) is 18.0. The highest BCUT2D eigenvalue weighted by Gasteiger charge is 2.48. The minimum absolute atomic E-state index is 0.0846. The molecule has 1 aliphatic heterocycles. The quantitative estimate of drug-likeness (QED) is 0.248. The summed E-state index contributed by atoms with van der Waals surface area (Å²) in [6.45, 7) is 3.52. The fraction of sp³-hybridized carbons (Fsp3) is 0.167. The first-order chi connectivity index (χ1) is 15.7. The van der Waals surface area contributed by atoms with E-state index in [-0.39, 0.29) is 21.3 Å². The molecular formula is C24H19ClN2O5S. The van der Waals surface area contributed by atoms with Gasteiger partial charge in [0, 0.05) is 10.6 Å². The largest absolute Gasteiger partial charge is 0.507 e. The molecule has 0 spiro atoms. The van der Waals surface area contributed by atoms with E-state index >= 15 is 0 Å². The lowest BCUT2D eigenvalue weighted by Gasteiger charge is -2.23. The smallest absolute Gasteiger partial charge is 0.350 e. The Hall–Kier alpha value is -3.49. The van der Waals surface area contributed by atoms with Crippen molar-refractivity contribution in [3.8, 4) is 0 Å². The van der Waals surface area contributed by atoms with Crippen LogP contribution in [0.4, 0.5) is 5.13 Å². The number of halogens is 1. The number of aromatic nitrogens is 1. The van der Waals surface area contributed by atoms with Crippen LogP contribution < -0.4 is 4.90 Å². The van der Waals surface area contributed by atoms with E-state index in [0.717, 1.165) is 16.9 Å². The van der Waals surface area contributed by atoms with Gasteiger partial charge in [-0.2, -0.15) is 0 Å². The molecular weight excluding hydrogens is 464 g/mol. The molecule has 1 aliphatic rings. The molecule has 168 valence electrons. The number of thiazole rings is 1. The molecule has 2 aromatic carbocycles. The van der Waals surface area contributed by atoms with E-state index in [1.807, 2.05) is 6.92 Å². The molecule has 1 atom stereocenters. The SMILES string of the molecule is COC(=O)c1sc(N2C(=O)C(=O)C(=C(O)c3ccc(C)cc3)[C@H]2c2cccc(Cl)c2)nc1C. The molecule has 1 fully saturated rings. The number of anilines is 1. The van der Waals surface area contributed by atoms with Crippen molar-refractivity contribution in [1.29, 1.82) is 0 Å². The Bertz CT molecular complexity index is 1310. The number of aliphatic hydroxyl groups is 1. The second kappa shape index (κ2) is 8.80. The van der Waals surface area contributed by atoms with Gasteiger partial charge in [-0.15, -0.1) is 0 Å². The van der Waals surface area contributed by atoms with Gasteiger partial charge in [0.05, 0.1) is 24.4 Å². The molecule has 3 aromatic rings. The molecule has 33 heavy (non-hydrogen) atoms. The van der Waals surface area contributed by atoms with E-state index in [1.54, 1.807) is 55.5 Å². The lowest BCUT2D eigenvalue weighted by Crippen LogP contribution is -2.29. The number of esters is 1. The van der Waals surface area contributed by atoms with Crippen molar-refractivity contribution >= 4 is 51.5 Å². The van der Waals surface area contributed by atoms with Gasteiger partial charge in [-0.3, -0.25) is 14.5 Å². The van der Waals surface area contributed by atoms with Gasteiger partial charge in [0.25, 0.3) is 5.78 Å². The average Bonchev–Trinajstić information content (AvgIpc) is 3.30. The van der Waals surface area contributed by atoms with E-state index in [2.05, 4.69) is 4.98 Å². The summed E-state index contributed by atoms with van der Waals surface area (Å²) in [5.74, 6) is -2.61. The van der Waals surface area contributed by atoms with Crippen LogP contribution in [0, 0.1) is 13.8 Å². The number of carbonyl (C=O) groups excluding carboxylic acids is 3. The van der Waals surface area contributed by atoms with E-state index in [1.165, 1.54) is 12.0 Å². The van der Waals surface area contributed by atoms with Gasteiger partial charge in [-0.1, -0.05) is 64.9 Å². The standard InChI is InChI=1S/C24H19ClN2O5S/c1-12-7-9-14(10-8-12)19(28)17-18(15-5-4-6-16(25)11-15)27(22(30)20(17)29)24-26-13(2)21(33-24)23(31)32-3/h4-11,18,28H,1-3H3/t18-/m1/s1. The summed E-state index contributed by atoms with van der Waals surface area (Å²) in [7, 11) is 1.25. The number of carbonyl (C=O) groups is 3. The van der Waals surface area contributed by atoms with Gasteiger partial charge in [0.1, 0.15) is 10.6 Å². The Balaban J connectivity index is 1.94. The van der Waals surface area contributed by atoms with Crippen LogP contribution in [0.1, 0.15) is 38.1 Å². The molecule has 0 saturated carbocycles. The van der Waals surface area contributed by atoms with Crippen LogP contribution in [0.15, 0.2) is 54.1 Å². The van der Waals surface area contributed by atoms with Gasteiger partial charge >= 0.3 is 11.9 Å². The maximum Gasteiger partial charge on any atom is 0.350 e. The molecule has 0 aliphatic carbocycles. The van der Waals surface area contributed by atoms with Crippen molar-refractivity contribution in [3.63, 3.8) is 0 Å². The summed E-state index contributed by atoms with van der Waals surface area (Å²) in [6, 6.07) is 12.6. The van der Waals surface area contributed by atoms with Crippen molar-refractivity contribution in [2.75, 3.05) is 12.0 Å². The Labute approximate surface area is 198 Å². The van der Waals surface area contributed by atoms with Crippen molar-refractivity contribution in [3.05, 3.63) is 86.4 Å². The van der Waals surface area contributed by atoms with Crippen LogP contribution in [0.25, 0.3) is 5.76 Å². The summed E-state index contributed by atoms with van der Waals surface area (Å²) < 4.78 is 4.79. The first-order valence-corrected chi connectivity index (χ1v) is 11.1. The molecule has 1 aromatic heterocycles. The summed E-state index contributed by atoms with van der Waals surface area (Å²) in [5.41, 5.74) is 2.18. The van der Waals surface area contributed by atoms with Gasteiger partial charge in [0.2, 0.25) is 0 Å². The lowest BCUT2D eigenvalue weighted by atomic mass is 9.95. The van der Waals surface area contributed by atoms with Gasteiger partial charge in [-0.25, -0.2) is 9.78 Å². The number of aliphatic hydroxyl groups excluding tert-OH is 1. The van der Waals surface area contributed by atoms with E-state index in [0.29, 0.717) is 21.8 Å². The normalized spacial score (nSPS) is 17.5. The number of aryl methyl sites for hydroxylation is 2. The number of ketones is 1. The second-order valence-corrected chi connectivity index (χ2v) is 8.91. The molecule has 0 radical (unpaired) electrons. The molecule has 1 N–H and O–H groups in total. The van der Waals surface area contributed by atoms with Gasteiger partial charge in [0.15, 0.2) is 5.13 Å². The molecule has 2 heterocycles. The zero-order chi connectivity index (χ0) is 23.9. The predicted molar refractivity (Wildman–Crippen MR) is 126 cm³/mol. The number of nitrogens with zero attached hydrogens (tertiary/aromatic N) is 2. The maximum absolute atomic E-state index is 13.2. The Morgan fingerprint density at radius 1 is 1.15 bits per heavy atom. The maximum atomic E-state index is 13.2. The lowest BCUT2D eigenvalue weighted by molar-refractivity contribution is -0.132. The monoisotopic (exact) mass is 482 g/mol. The summed E-state index contributed by atoms with van der Waals surface area (Å²) >= 11 is 7.14. The Kier molecular flexibility index (Phi) is 6.05. The van der Waals surface area contributed by atoms with E-state index in [4.69, 9.17) is 16.3 Å². The van der Waals surface area contributed by atoms with Crippen molar-refractivity contribution in [1.82, 2.24) is 4.98 Å². The van der Waals surface area contributed by atoms with Crippen molar-refractivity contribution in [2.24, 2.45) is 0 Å². The van der Waals surface area contributed by atoms with Crippen LogP contribution in [-0.2, 0) is 14.3 Å². The fourth-order valence-electron chi connectivity index (χ4n) is 3.66. The van der Waals surface area contributed by atoms with Crippen molar-refractivity contribution in [2.45, 2.75) is 19.9 Å². The minimum atomic E-state index is -0.985. The van der Waals surface area contributed by atoms with Crippen LogP contribution >= 0.6 is 22.9 Å². The Morgan fingerprint density at radius 2 is 1.85 bits per heavy atom. The van der Waals surface area contributed by atoms with Crippen LogP contribution in [0.5, 0.6) is 0 Å². The number of benzene rings is 2. The van der Waals surface area contributed by atoms with Crippen LogP contribution in [0.3, 0.4) is 0 Å². The predicted octanol–water partition coefficient (Wildman–Crippen LogP) is 4.83. The first-order valence-electron chi connectivity index (χ1n) is 9.92. The number of methoxy groups -OCH3 is 1. The summed E-state index contributed by atoms with van der Waals surface area (Å²) in [4.78, 5) is 44.2. The fourth-order valence-corrected chi connectivity index (χ4v) is 4.87. The average molecular weight is 483 g/mol. The molecule has 4 rings (SSSR count). The van der Waals surface area contributed by atoms with Gasteiger partial charge in [-0.05, 0) is 31.5 Å². The third-order valence-corrected chi connectivity index (χ3v) is 6.67. The topological polar surface area (TPSA) is 96.8 Å². The highest BCUT2D eigenvalue weighted by atomic mass is 35.5. The molecule has 9 heteroatoms. The molecule has 0 unspecified atom stereocenters. The third-order valence-electron chi connectivity index (χ3n) is 5.30. The van der Waals surface area contributed by atoms with E-state index < -0.39 is 23.7 Å². The minimum Gasteiger partial charge on any atom is -0.507 e. The highest BCUT2D eigenvalue weighted by Crippen LogP contribution is 2.44. The van der Waals surface area contributed by atoms with Crippen molar-refractivity contribution < 1.29 is 24.2 Å². The number of ether oxygens (including phenoxy) is 1. The third kappa shape index (κ3) is 4.03. The number of hydrogen-bond donors (Lipinski definition) is 1. The molecule has 1 amide bonds. The molecule has 1 saturated heterocycles. The number of Topliss-reactive ketones (excluding diaryl/α,β-unsaturated/α-hetero) is 1. The van der Waals surface area contributed by atoms with Crippen LogP contribution in [0.2, 0.25) is 5.02 Å². The summed E-state index contributed by atoms with van der Waals surface area (Å²) in [5, 5.41) is 11.7. The zero-order valence-corrected chi connectivity index (χ0v) is 19.5.